The lowest BCUT2D eigenvalue weighted by molar-refractivity contribution is 0.340. The second-order valence-corrected chi connectivity index (χ2v) is 5.96. The van der Waals surface area contributed by atoms with Gasteiger partial charge in [0, 0.05) is 15.7 Å². The van der Waals surface area contributed by atoms with Crippen molar-refractivity contribution in [3.05, 3.63) is 58.6 Å². The molecule has 0 unspecified atom stereocenters. The number of halogens is 1. The molecule has 0 aromatic heterocycles. The number of nitrogens with one attached hydrogen (secondary N) is 2. The average Bonchev–Trinajstić information content (AvgIpc) is 2.55. The maximum atomic E-state index is 5.40. The molecule has 2 aromatic carbocycles. The van der Waals surface area contributed by atoms with Crippen molar-refractivity contribution in [2.45, 2.75) is 13.8 Å². The van der Waals surface area contributed by atoms with Crippen molar-refractivity contribution in [2.75, 3.05) is 11.9 Å². The van der Waals surface area contributed by atoms with Gasteiger partial charge in [0.25, 0.3) is 0 Å². The molecule has 0 saturated carbocycles. The molecule has 6 heteroatoms. The van der Waals surface area contributed by atoms with Gasteiger partial charge in [-0.2, -0.15) is 5.10 Å². The number of hydrogen-bond acceptors (Lipinski definition) is 3. The molecule has 2 aromatic rings. The Balaban J connectivity index is 1.94. The van der Waals surface area contributed by atoms with Crippen LogP contribution in [0.25, 0.3) is 0 Å². The number of hydrogen-bond donors (Lipinski definition) is 2. The first-order valence-corrected chi connectivity index (χ1v) is 8.39. The van der Waals surface area contributed by atoms with E-state index in [1.165, 1.54) is 0 Å². The van der Waals surface area contributed by atoms with E-state index in [1.54, 1.807) is 0 Å². The highest BCUT2D eigenvalue weighted by atomic mass is 79.9. The van der Waals surface area contributed by atoms with Crippen molar-refractivity contribution in [1.29, 1.82) is 0 Å². The van der Waals surface area contributed by atoms with Gasteiger partial charge in [-0.05, 0) is 56.4 Å². The van der Waals surface area contributed by atoms with E-state index in [2.05, 4.69) is 31.8 Å². The molecular weight excluding hydrogens is 374 g/mol. The lowest BCUT2D eigenvalue weighted by Gasteiger charge is -2.09. The molecule has 4 nitrogen and oxygen atoms in total. The summed E-state index contributed by atoms with van der Waals surface area (Å²) in [6.07, 6.45) is 0. The van der Waals surface area contributed by atoms with Gasteiger partial charge in [0.15, 0.2) is 5.11 Å². The topological polar surface area (TPSA) is 45.6 Å². The zero-order chi connectivity index (χ0) is 16.7. The first kappa shape index (κ1) is 17.4. The molecule has 0 aliphatic heterocycles. The number of rotatable bonds is 5. The summed E-state index contributed by atoms with van der Waals surface area (Å²) in [6.45, 7) is 4.53. The molecule has 2 rings (SSSR count). The van der Waals surface area contributed by atoms with Gasteiger partial charge in [-0.25, -0.2) is 0 Å². The zero-order valence-corrected chi connectivity index (χ0v) is 15.4. The molecule has 0 bridgehead atoms. The summed E-state index contributed by atoms with van der Waals surface area (Å²) >= 11 is 8.76. The summed E-state index contributed by atoms with van der Waals surface area (Å²) in [5.74, 6) is 0.833. The van der Waals surface area contributed by atoms with Crippen LogP contribution in [-0.4, -0.2) is 17.4 Å². The minimum Gasteiger partial charge on any atom is -0.494 e. The summed E-state index contributed by atoms with van der Waals surface area (Å²) in [5, 5.41) is 7.82. The van der Waals surface area contributed by atoms with E-state index in [1.807, 2.05) is 62.4 Å². The van der Waals surface area contributed by atoms with Gasteiger partial charge in [0.1, 0.15) is 5.75 Å². The Labute approximate surface area is 150 Å². The van der Waals surface area contributed by atoms with Gasteiger partial charge in [-0.1, -0.05) is 34.1 Å². The standard InChI is InChI=1S/C17H18BrN3OS/c1-3-22-14-10-8-13(9-11-14)19-17(23)21-20-12(2)15-6-4-5-7-16(15)18/h4-11H,3H2,1-2H3,(H2,19,21,23)/b20-12+. The smallest absolute Gasteiger partial charge is 0.191 e. The summed E-state index contributed by atoms with van der Waals surface area (Å²) < 4.78 is 6.40. The Morgan fingerprint density at radius 3 is 2.52 bits per heavy atom. The third-order valence-corrected chi connectivity index (χ3v) is 3.90. The number of ether oxygens (including phenoxy) is 1. The molecule has 0 fully saturated rings. The van der Waals surface area contributed by atoms with Crippen molar-refractivity contribution in [3.8, 4) is 5.75 Å². The SMILES string of the molecule is CCOc1ccc(NC(=S)N/N=C(\C)c2ccccc2Br)cc1. The van der Waals surface area contributed by atoms with Crippen molar-refractivity contribution in [1.82, 2.24) is 5.43 Å². The maximum Gasteiger partial charge on any atom is 0.191 e. The van der Waals surface area contributed by atoms with Gasteiger partial charge in [-0.3, -0.25) is 5.43 Å². The van der Waals surface area contributed by atoms with Crippen LogP contribution in [0.5, 0.6) is 5.75 Å². The van der Waals surface area contributed by atoms with Crippen LogP contribution in [-0.2, 0) is 0 Å². The molecule has 0 saturated heterocycles. The van der Waals surface area contributed by atoms with Gasteiger partial charge in [0.2, 0.25) is 0 Å². The molecule has 23 heavy (non-hydrogen) atoms. The van der Waals surface area contributed by atoms with Crippen molar-refractivity contribution in [2.24, 2.45) is 5.10 Å². The van der Waals surface area contributed by atoms with Crippen molar-refractivity contribution >= 4 is 44.7 Å². The molecule has 0 heterocycles. The summed E-state index contributed by atoms with van der Waals surface area (Å²) in [5.41, 5.74) is 5.59. The molecular formula is C17H18BrN3OS. The summed E-state index contributed by atoms with van der Waals surface area (Å²) in [4.78, 5) is 0. The molecule has 120 valence electrons. The first-order valence-electron chi connectivity index (χ1n) is 7.19. The van der Waals surface area contributed by atoms with E-state index >= 15 is 0 Å². The van der Waals surface area contributed by atoms with Crippen molar-refractivity contribution < 1.29 is 4.74 Å². The number of nitrogens with zero attached hydrogens (tertiary/aromatic N) is 1. The highest BCUT2D eigenvalue weighted by Gasteiger charge is 2.03. The van der Waals surface area contributed by atoms with Crippen LogP contribution in [0.15, 0.2) is 58.1 Å². The Morgan fingerprint density at radius 2 is 1.87 bits per heavy atom. The monoisotopic (exact) mass is 391 g/mol. The second kappa shape index (κ2) is 8.64. The largest absolute Gasteiger partial charge is 0.494 e. The minimum absolute atomic E-state index is 0.431. The van der Waals surface area contributed by atoms with Crippen LogP contribution in [0.1, 0.15) is 19.4 Å². The Morgan fingerprint density at radius 1 is 1.17 bits per heavy atom. The summed E-state index contributed by atoms with van der Waals surface area (Å²) in [6, 6.07) is 15.5. The molecule has 2 N–H and O–H groups in total. The normalized spacial score (nSPS) is 11.0. The van der Waals surface area contributed by atoms with E-state index in [0.717, 1.165) is 27.2 Å². The fourth-order valence-electron chi connectivity index (χ4n) is 1.91. The predicted molar refractivity (Wildman–Crippen MR) is 103 cm³/mol. The lowest BCUT2D eigenvalue weighted by Crippen LogP contribution is -2.25. The number of anilines is 1. The van der Waals surface area contributed by atoms with Crippen LogP contribution in [0.4, 0.5) is 5.69 Å². The molecule has 0 amide bonds. The average molecular weight is 392 g/mol. The highest BCUT2D eigenvalue weighted by Crippen LogP contribution is 2.17. The van der Waals surface area contributed by atoms with Gasteiger partial charge < -0.3 is 10.1 Å². The van der Waals surface area contributed by atoms with Crippen LogP contribution in [0.2, 0.25) is 0 Å². The van der Waals surface area contributed by atoms with E-state index in [4.69, 9.17) is 17.0 Å². The fraction of sp³-hybridized carbons (Fsp3) is 0.176. The Hall–Kier alpha value is -1.92. The zero-order valence-electron chi connectivity index (χ0n) is 13.0. The molecule has 0 atom stereocenters. The first-order chi connectivity index (χ1) is 11.1. The van der Waals surface area contributed by atoms with Crippen LogP contribution in [0, 0.1) is 0 Å². The van der Waals surface area contributed by atoms with E-state index < -0.39 is 0 Å². The van der Waals surface area contributed by atoms with E-state index in [9.17, 15) is 0 Å². The Kier molecular flexibility index (Phi) is 6.55. The number of hydrazone groups is 1. The third-order valence-electron chi connectivity index (χ3n) is 3.01. The number of benzene rings is 2. The van der Waals surface area contributed by atoms with Crippen LogP contribution < -0.4 is 15.5 Å². The van der Waals surface area contributed by atoms with E-state index in [0.29, 0.717) is 11.7 Å². The summed E-state index contributed by atoms with van der Waals surface area (Å²) in [7, 11) is 0. The second-order valence-electron chi connectivity index (χ2n) is 4.70. The minimum atomic E-state index is 0.431. The van der Waals surface area contributed by atoms with Crippen LogP contribution >= 0.6 is 28.1 Å². The van der Waals surface area contributed by atoms with Gasteiger partial charge in [-0.15, -0.1) is 0 Å². The van der Waals surface area contributed by atoms with E-state index in [-0.39, 0.29) is 0 Å². The lowest BCUT2D eigenvalue weighted by atomic mass is 10.1. The maximum absolute atomic E-state index is 5.40. The highest BCUT2D eigenvalue weighted by molar-refractivity contribution is 9.10. The fourth-order valence-corrected chi connectivity index (χ4v) is 2.64. The third kappa shape index (κ3) is 5.33. The predicted octanol–water partition coefficient (Wildman–Crippen LogP) is 4.56. The Bertz CT molecular complexity index is 701. The quantitative estimate of drug-likeness (QED) is 0.445. The molecule has 0 spiro atoms. The van der Waals surface area contributed by atoms with Crippen LogP contribution in [0.3, 0.4) is 0 Å². The molecule has 0 radical (unpaired) electrons. The van der Waals surface area contributed by atoms with Gasteiger partial charge in [0.05, 0.1) is 12.3 Å². The molecule has 0 aliphatic carbocycles. The van der Waals surface area contributed by atoms with Crippen molar-refractivity contribution in [3.63, 3.8) is 0 Å². The number of thiocarbonyl (C=S) groups is 1. The molecule has 0 aliphatic rings. The van der Waals surface area contributed by atoms with Gasteiger partial charge >= 0.3 is 0 Å².